The summed E-state index contributed by atoms with van der Waals surface area (Å²) in [4.78, 5) is 29.6. The van der Waals surface area contributed by atoms with Crippen molar-refractivity contribution < 1.29 is 14.7 Å². The third-order valence-corrected chi connectivity index (χ3v) is 6.05. The highest BCUT2D eigenvalue weighted by molar-refractivity contribution is 7.96. The molecule has 2 aromatic rings. The van der Waals surface area contributed by atoms with E-state index in [9.17, 15) is 14.7 Å². The van der Waals surface area contributed by atoms with E-state index in [-0.39, 0.29) is 24.2 Å². The lowest BCUT2D eigenvalue weighted by atomic mass is 10.1. The normalized spacial score (nSPS) is 12.2. The quantitative estimate of drug-likeness (QED) is 0.0697. The van der Waals surface area contributed by atoms with E-state index in [1.165, 1.54) is 11.9 Å². The first kappa shape index (κ1) is 28.6. The monoisotopic (exact) mass is 514 g/mol. The molecule has 0 spiro atoms. The summed E-state index contributed by atoms with van der Waals surface area (Å²) in [7, 11) is 0. The summed E-state index contributed by atoms with van der Waals surface area (Å²) in [6.45, 7) is 0.105. The first-order chi connectivity index (χ1) is 17.3. The van der Waals surface area contributed by atoms with E-state index >= 15 is 0 Å². The number of hydrogen-bond donors (Lipinski definition) is 8. The Morgan fingerprint density at radius 3 is 2.28 bits per heavy atom. The zero-order chi connectivity index (χ0) is 26.3. The van der Waals surface area contributed by atoms with Gasteiger partial charge in [-0.1, -0.05) is 66.5 Å². The van der Waals surface area contributed by atoms with Crippen LogP contribution in [0.1, 0.15) is 29.5 Å². The molecule has 2 amide bonds. The maximum absolute atomic E-state index is 12.9. The standard InChI is InChI=1S/C24H34N8O3S/c25-21(26)18-10-8-16(9-11-18)13-30-22(34)19(7-4-12-29-24(27)28)31-23(35)20(14-33)32-36-15-17-5-2-1-3-6-17/h1-3,5-6,8-11,19-20,32-33H,4,7,12-15H2,(H3,25,26)(H,30,34)(H,31,35)(H4,27,28,29)/t19-,20+/m0/s1. The zero-order valence-corrected chi connectivity index (χ0v) is 20.8. The van der Waals surface area contributed by atoms with Gasteiger partial charge in [0.1, 0.15) is 17.9 Å². The van der Waals surface area contributed by atoms with E-state index < -0.39 is 24.6 Å². The number of benzene rings is 2. The van der Waals surface area contributed by atoms with Crippen LogP contribution in [0, 0.1) is 5.41 Å². The molecule has 0 saturated heterocycles. The lowest BCUT2D eigenvalue weighted by molar-refractivity contribution is -0.130. The Balaban J connectivity index is 1.95. The number of guanidine groups is 1. The van der Waals surface area contributed by atoms with E-state index in [4.69, 9.17) is 22.6 Å². The highest BCUT2D eigenvalue weighted by Gasteiger charge is 2.25. The molecule has 2 rings (SSSR count). The van der Waals surface area contributed by atoms with Crippen molar-refractivity contribution in [3.05, 3.63) is 71.3 Å². The predicted octanol–water partition coefficient (Wildman–Crippen LogP) is -0.0758. The second-order valence-electron chi connectivity index (χ2n) is 7.97. The average Bonchev–Trinajstić information content (AvgIpc) is 2.87. The lowest BCUT2D eigenvalue weighted by Gasteiger charge is -2.22. The van der Waals surface area contributed by atoms with Crippen LogP contribution in [0.3, 0.4) is 0 Å². The molecule has 0 aliphatic carbocycles. The molecule has 2 aromatic carbocycles. The van der Waals surface area contributed by atoms with Gasteiger partial charge in [0, 0.05) is 24.4 Å². The number of nitrogens with two attached hydrogens (primary N) is 3. The minimum atomic E-state index is -0.897. The molecule has 194 valence electrons. The lowest BCUT2D eigenvalue weighted by Crippen LogP contribution is -2.52. The molecule has 12 heteroatoms. The number of hydrogen-bond acceptors (Lipinski definition) is 7. The maximum atomic E-state index is 12.9. The Morgan fingerprint density at radius 2 is 1.67 bits per heavy atom. The molecule has 0 aliphatic heterocycles. The van der Waals surface area contributed by atoms with Crippen LogP contribution in [0.5, 0.6) is 0 Å². The topological polar surface area (TPSA) is 205 Å². The number of aliphatic hydroxyl groups is 1. The minimum Gasteiger partial charge on any atom is -0.394 e. The molecule has 0 unspecified atom stereocenters. The van der Waals surface area contributed by atoms with Crippen molar-refractivity contribution in [1.29, 1.82) is 5.41 Å². The molecule has 11 N–H and O–H groups in total. The molecule has 0 saturated carbocycles. The van der Waals surface area contributed by atoms with Gasteiger partial charge in [0.25, 0.3) is 0 Å². The molecule has 0 heterocycles. The molecule has 2 atom stereocenters. The van der Waals surface area contributed by atoms with Gasteiger partial charge in [0.2, 0.25) is 11.8 Å². The van der Waals surface area contributed by atoms with Crippen LogP contribution in [-0.2, 0) is 21.9 Å². The van der Waals surface area contributed by atoms with Crippen LogP contribution >= 0.6 is 11.9 Å². The SMILES string of the molecule is N=C(N)c1ccc(CNC(=O)[C@H](CCCN=C(N)N)NC(=O)[C@@H](CO)NSCc2ccccc2)cc1. The Kier molecular flexibility index (Phi) is 12.2. The van der Waals surface area contributed by atoms with Gasteiger partial charge in [-0.15, -0.1) is 0 Å². The summed E-state index contributed by atoms with van der Waals surface area (Å²) in [6.07, 6.45) is 0.760. The molecule has 0 bridgehead atoms. The predicted molar refractivity (Wildman–Crippen MR) is 143 cm³/mol. The van der Waals surface area contributed by atoms with Crippen molar-refractivity contribution in [2.24, 2.45) is 22.2 Å². The largest absolute Gasteiger partial charge is 0.394 e. The number of aliphatic imine (C=N–C) groups is 1. The number of aliphatic hydroxyl groups excluding tert-OH is 1. The molecule has 0 fully saturated rings. The second-order valence-corrected chi connectivity index (χ2v) is 8.78. The minimum absolute atomic E-state index is 0.0388. The van der Waals surface area contributed by atoms with Gasteiger partial charge in [-0.25, -0.2) is 4.72 Å². The number of nitrogens with one attached hydrogen (secondary N) is 4. The number of rotatable bonds is 15. The van der Waals surface area contributed by atoms with Crippen molar-refractivity contribution in [3.63, 3.8) is 0 Å². The number of carbonyl (C=O) groups excluding carboxylic acids is 2. The first-order valence-corrected chi connectivity index (χ1v) is 12.4. The van der Waals surface area contributed by atoms with E-state index in [2.05, 4.69) is 20.3 Å². The van der Waals surface area contributed by atoms with E-state index in [0.29, 0.717) is 30.7 Å². The maximum Gasteiger partial charge on any atom is 0.242 e. The van der Waals surface area contributed by atoms with Gasteiger partial charge in [-0.3, -0.25) is 20.0 Å². The highest BCUT2D eigenvalue weighted by atomic mass is 32.2. The van der Waals surface area contributed by atoms with E-state index in [0.717, 1.165) is 11.1 Å². The van der Waals surface area contributed by atoms with Crippen molar-refractivity contribution in [1.82, 2.24) is 15.4 Å². The van der Waals surface area contributed by atoms with Gasteiger partial charge in [-0.05, 0) is 24.0 Å². The summed E-state index contributed by atoms with van der Waals surface area (Å²) < 4.78 is 2.96. The van der Waals surface area contributed by atoms with Crippen molar-refractivity contribution in [2.75, 3.05) is 13.2 Å². The third-order valence-electron chi connectivity index (χ3n) is 5.12. The average molecular weight is 515 g/mol. The first-order valence-electron chi connectivity index (χ1n) is 11.4. The molecular formula is C24H34N8O3S. The number of nitrogen functional groups attached to an aromatic ring is 1. The molecule has 0 aromatic heterocycles. The number of amidine groups is 1. The molecule has 36 heavy (non-hydrogen) atoms. The molecule has 0 radical (unpaired) electrons. The van der Waals surface area contributed by atoms with Crippen LogP contribution in [0.25, 0.3) is 0 Å². The fourth-order valence-electron chi connectivity index (χ4n) is 3.13. The van der Waals surface area contributed by atoms with Crippen LogP contribution in [0.15, 0.2) is 59.6 Å². The van der Waals surface area contributed by atoms with Crippen LogP contribution in [-0.4, -0.2) is 54.0 Å². The van der Waals surface area contributed by atoms with Gasteiger partial charge >= 0.3 is 0 Å². The fraction of sp³-hybridized carbons (Fsp3) is 0.333. The third kappa shape index (κ3) is 10.3. The van der Waals surface area contributed by atoms with Crippen LogP contribution in [0.2, 0.25) is 0 Å². The number of carbonyl (C=O) groups is 2. The van der Waals surface area contributed by atoms with Crippen LogP contribution < -0.4 is 32.6 Å². The summed E-state index contributed by atoms with van der Waals surface area (Å²) in [5.41, 5.74) is 18.6. The van der Waals surface area contributed by atoms with Gasteiger partial charge in [0.15, 0.2) is 5.96 Å². The molecule has 11 nitrogen and oxygen atoms in total. The summed E-state index contributed by atoms with van der Waals surface area (Å²) in [5, 5.41) is 22.7. The highest BCUT2D eigenvalue weighted by Crippen LogP contribution is 2.10. The summed E-state index contributed by atoms with van der Waals surface area (Å²) >= 11 is 1.30. The smallest absolute Gasteiger partial charge is 0.242 e. The summed E-state index contributed by atoms with van der Waals surface area (Å²) in [6, 6.07) is 14.9. The van der Waals surface area contributed by atoms with Gasteiger partial charge in [0.05, 0.1) is 6.61 Å². The van der Waals surface area contributed by atoms with Crippen molar-refractivity contribution in [2.45, 2.75) is 37.2 Å². The second kappa shape index (κ2) is 15.4. The Hall–Kier alpha value is -3.61. The van der Waals surface area contributed by atoms with E-state index in [1.54, 1.807) is 24.3 Å². The Morgan fingerprint density at radius 1 is 0.972 bits per heavy atom. The Labute approximate surface area is 214 Å². The molecule has 0 aliphatic rings. The van der Waals surface area contributed by atoms with Crippen molar-refractivity contribution >= 4 is 35.6 Å². The summed E-state index contributed by atoms with van der Waals surface area (Å²) in [5.74, 6) is -0.351. The van der Waals surface area contributed by atoms with E-state index in [1.807, 2.05) is 30.3 Å². The fourth-order valence-corrected chi connectivity index (χ4v) is 3.96. The number of amides is 2. The molecular weight excluding hydrogens is 480 g/mol. The number of nitrogens with zero attached hydrogens (tertiary/aromatic N) is 1. The van der Waals surface area contributed by atoms with Gasteiger partial charge in [-0.2, -0.15) is 0 Å². The zero-order valence-electron chi connectivity index (χ0n) is 19.9. The van der Waals surface area contributed by atoms with Crippen molar-refractivity contribution in [3.8, 4) is 0 Å². The Bertz CT molecular complexity index is 1010. The van der Waals surface area contributed by atoms with Gasteiger partial charge < -0.3 is 32.9 Å². The van der Waals surface area contributed by atoms with Crippen LogP contribution in [0.4, 0.5) is 0 Å².